The summed E-state index contributed by atoms with van der Waals surface area (Å²) in [6.45, 7) is 3.17. The van der Waals surface area contributed by atoms with Gasteiger partial charge in [0.15, 0.2) is 0 Å². The van der Waals surface area contributed by atoms with Crippen LogP contribution in [0.5, 0.6) is 0 Å². The molecule has 0 bridgehead atoms. The van der Waals surface area contributed by atoms with Gasteiger partial charge in [-0.2, -0.15) is 0 Å². The molecule has 2 unspecified atom stereocenters. The molecule has 0 amide bonds. The smallest absolute Gasteiger partial charge is 0.0965 e. The molecule has 3 rings (SSSR count). The van der Waals surface area contributed by atoms with Crippen LogP contribution in [-0.2, 0) is 17.9 Å². The highest BCUT2D eigenvalue weighted by Crippen LogP contribution is 2.18. The minimum absolute atomic E-state index is 0.113. The monoisotopic (exact) mass is 297 g/mol. The number of aliphatic hydroxyl groups is 1. The first-order valence-electron chi connectivity index (χ1n) is 7.91. The quantitative estimate of drug-likeness (QED) is 0.921. The lowest BCUT2D eigenvalue weighted by Crippen LogP contribution is -2.47. The van der Waals surface area contributed by atoms with Gasteiger partial charge in [-0.1, -0.05) is 60.7 Å². The number of nitrogens with zero attached hydrogens (tertiary/aromatic N) is 1. The van der Waals surface area contributed by atoms with Gasteiger partial charge < -0.3 is 9.84 Å². The van der Waals surface area contributed by atoms with E-state index in [4.69, 9.17) is 4.74 Å². The van der Waals surface area contributed by atoms with E-state index in [9.17, 15) is 5.11 Å². The fraction of sp³-hybridized carbons (Fsp3) is 0.368. The molecule has 2 aromatic rings. The Balaban J connectivity index is 1.54. The molecule has 1 aliphatic rings. The summed E-state index contributed by atoms with van der Waals surface area (Å²) >= 11 is 0. The SMILES string of the molecule is OC1CCN(Cc2ccccc2)CC1OCc1ccccc1. The molecule has 0 saturated carbocycles. The maximum absolute atomic E-state index is 10.2. The third kappa shape index (κ3) is 4.17. The fourth-order valence-electron chi connectivity index (χ4n) is 2.89. The maximum atomic E-state index is 10.2. The lowest BCUT2D eigenvalue weighted by molar-refractivity contribution is -0.0878. The zero-order valence-electron chi connectivity index (χ0n) is 12.8. The number of hydrogen-bond donors (Lipinski definition) is 1. The van der Waals surface area contributed by atoms with E-state index in [2.05, 4.69) is 41.3 Å². The van der Waals surface area contributed by atoms with Crippen molar-refractivity contribution in [2.24, 2.45) is 0 Å². The molecule has 1 heterocycles. The van der Waals surface area contributed by atoms with Gasteiger partial charge in [0.25, 0.3) is 0 Å². The standard InChI is InChI=1S/C19H23NO2/c21-18-11-12-20(13-16-7-3-1-4-8-16)14-19(18)22-15-17-9-5-2-6-10-17/h1-10,18-19,21H,11-15H2. The summed E-state index contributed by atoms with van der Waals surface area (Å²) in [5, 5.41) is 10.2. The molecule has 2 atom stereocenters. The van der Waals surface area contributed by atoms with Gasteiger partial charge in [-0.15, -0.1) is 0 Å². The number of aliphatic hydroxyl groups excluding tert-OH is 1. The van der Waals surface area contributed by atoms with Crippen molar-refractivity contribution >= 4 is 0 Å². The molecule has 0 radical (unpaired) electrons. The predicted molar refractivity (Wildman–Crippen MR) is 87.4 cm³/mol. The molecule has 1 N–H and O–H groups in total. The fourth-order valence-corrected chi connectivity index (χ4v) is 2.89. The van der Waals surface area contributed by atoms with E-state index < -0.39 is 0 Å². The first-order chi connectivity index (χ1) is 10.8. The van der Waals surface area contributed by atoms with E-state index in [1.165, 1.54) is 5.56 Å². The third-order valence-corrected chi connectivity index (χ3v) is 4.16. The van der Waals surface area contributed by atoms with Crippen LogP contribution in [0.1, 0.15) is 17.5 Å². The van der Waals surface area contributed by atoms with Crippen molar-refractivity contribution in [2.75, 3.05) is 13.1 Å². The molecule has 1 aliphatic heterocycles. The van der Waals surface area contributed by atoms with Gasteiger partial charge in [0.05, 0.1) is 18.8 Å². The topological polar surface area (TPSA) is 32.7 Å². The number of piperidine rings is 1. The summed E-state index contributed by atoms with van der Waals surface area (Å²) < 4.78 is 5.96. The lowest BCUT2D eigenvalue weighted by atomic mass is 10.0. The molecule has 3 heteroatoms. The number of rotatable bonds is 5. The molecule has 2 aromatic carbocycles. The third-order valence-electron chi connectivity index (χ3n) is 4.16. The molecule has 1 fully saturated rings. The van der Waals surface area contributed by atoms with E-state index in [0.717, 1.165) is 31.6 Å². The van der Waals surface area contributed by atoms with Crippen LogP contribution < -0.4 is 0 Å². The van der Waals surface area contributed by atoms with Crippen molar-refractivity contribution in [2.45, 2.75) is 31.8 Å². The van der Waals surface area contributed by atoms with E-state index in [1.807, 2.05) is 24.3 Å². The van der Waals surface area contributed by atoms with Crippen molar-refractivity contribution in [3.8, 4) is 0 Å². The van der Waals surface area contributed by atoms with Crippen LogP contribution in [0, 0.1) is 0 Å². The second kappa shape index (κ2) is 7.54. The van der Waals surface area contributed by atoms with Gasteiger partial charge in [0.1, 0.15) is 0 Å². The van der Waals surface area contributed by atoms with Crippen molar-refractivity contribution in [1.82, 2.24) is 4.90 Å². The van der Waals surface area contributed by atoms with Gasteiger partial charge in [-0.3, -0.25) is 4.90 Å². The summed E-state index contributed by atoms with van der Waals surface area (Å²) in [7, 11) is 0. The number of benzene rings is 2. The van der Waals surface area contributed by atoms with E-state index in [1.54, 1.807) is 0 Å². The van der Waals surface area contributed by atoms with Crippen LogP contribution in [-0.4, -0.2) is 35.3 Å². The van der Waals surface area contributed by atoms with Crippen LogP contribution in [0.2, 0.25) is 0 Å². The van der Waals surface area contributed by atoms with Gasteiger partial charge in [0, 0.05) is 19.6 Å². The number of ether oxygens (including phenoxy) is 1. The van der Waals surface area contributed by atoms with Crippen molar-refractivity contribution in [3.63, 3.8) is 0 Å². The highest BCUT2D eigenvalue weighted by molar-refractivity contribution is 5.15. The lowest BCUT2D eigenvalue weighted by Gasteiger charge is -2.36. The van der Waals surface area contributed by atoms with E-state index in [-0.39, 0.29) is 12.2 Å². The molecule has 22 heavy (non-hydrogen) atoms. The van der Waals surface area contributed by atoms with Crippen molar-refractivity contribution in [3.05, 3.63) is 71.8 Å². The second-order valence-corrected chi connectivity index (χ2v) is 5.91. The Morgan fingerprint density at radius 2 is 1.59 bits per heavy atom. The zero-order chi connectivity index (χ0) is 15.2. The van der Waals surface area contributed by atoms with Gasteiger partial charge in [-0.25, -0.2) is 0 Å². The Morgan fingerprint density at radius 3 is 2.27 bits per heavy atom. The van der Waals surface area contributed by atoms with Crippen molar-refractivity contribution < 1.29 is 9.84 Å². The van der Waals surface area contributed by atoms with Gasteiger partial charge in [-0.05, 0) is 17.5 Å². The molecule has 3 nitrogen and oxygen atoms in total. The average molecular weight is 297 g/mol. The Kier molecular flexibility index (Phi) is 5.22. The van der Waals surface area contributed by atoms with Crippen LogP contribution >= 0.6 is 0 Å². The minimum atomic E-state index is -0.365. The first kappa shape index (κ1) is 15.2. The highest BCUT2D eigenvalue weighted by Gasteiger charge is 2.28. The van der Waals surface area contributed by atoms with E-state index in [0.29, 0.717) is 6.61 Å². The molecule has 0 aliphatic carbocycles. The van der Waals surface area contributed by atoms with Gasteiger partial charge in [0.2, 0.25) is 0 Å². The van der Waals surface area contributed by atoms with Gasteiger partial charge >= 0.3 is 0 Å². The van der Waals surface area contributed by atoms with Crippen LogP contribution in [0.4, 0.5) is 0 Å². The Hall–Kier alpha value is -1.68. The Bertz CT molecular complexity index is 558. The summed E-state index contributed by atoms with van der Waals surface area (Å²) in [5.74, 6) is 0. The predicted octanol–water partition coefficient (Wildman–Crippen LogP) is 2.84. The number of hydrogen-bond acceptors (Lipinski definition) is 3. The molecule has 0 aromatic heterocycles. The van der Waals surface area contributed by atoms with Crippen molar-refractivity contribution in [1.29, 1.82) is 0 Å². The Morgan fingerprint density at radius 1 is 0.955 bits per heavy atom. The Labute approximate surface area is 132 Å². The molecule has 1 saturated heterocycles. The summed E-state index contributed by atoms with van der Waals surface area (Å²) in [6.07, 6.45) is 0.292. The van der Waals surface area contributed by atoms with Crippen LogP contribution in [0.3, 0.4) is 0 Å². The zero-order valence-corrected chi connectivity index (χ0v) is 12.8. The number of likely N-dealkylation sites (tertiary alicyclic amines) is 1. The highest BCUT2D eigenvalue weighted by atomic mass is 16.5. The summed E-state index contributed by atoms with van der Waals surface area (Å²) in [5.41, 5.74) is 2.45. The van der Waals surface area contributed by atoms with Crippen LogP contribution in [0.15, 0.2) is 60.7 Å². The summed E-state index contributed by atoms with van der Waals surface area (Å²) in [6, 6.07) is 20.6. The molecule has 116 valence electrons. The molecular weight excluding hydrogens is 274 g/mol. The summed E-state index contributed by atoms with van der Waals surface area (Å²) in [4.78, 5) is 2.36. The molecular formula is C19H23NO2. The van der Waals surface area contributed by atoms with E-state index >= 15 is 0 Å². The normalized spacial score (nSPS) is 22.6. The largest absolute Gasteiger partial charge is 0.390 e. The maximum Gasteiger partial charge on any atom is 0.0965 e. The van der Waals surface area contributed by atoms with Crippen LogP contribution in [0.25, 0.3) is 0 Å². The average Bonchev–Trinajstić information content (AvgIpc) is 2.57. The minimum Gasteiger partial charge on any atom is -0.390 e. The second-order valence-electron chi connectivity index (χ2n) is 5.91. The molecule has 0 spiro atoms. The first-order valence-corrected chi connectivity index (χ1v) is 7.91.